The molecule has 2 N–H and O–H groups in total. The van der Waals surface area contributed by atoms with Crippen LogP contribution in [0.5, 0.6) is 17.2 Å². The number of ether oxygens (including phenoxy) is 3. The lowest BCUT2D eigenvalue weighted by molar-refractivity contribution is 0.106. The van der Waals surface area contributed by atoms with Crippen LogP contribution in [0.1, 0.15) is 46.0 Å². The summed E-state index contributed by atoms with van der Waals surface area (Å²) in [5.41, 5.74) is 0.560. The minimum absolute atomic E-state index is 0.112. The lowest BCUT2D eigenvalue weighted by Gasteiger charge is -2.16. The van der Waals surface area contributed by atoms with Crippen LogP contribution in [-0.4, -0.2) is 44.6 Å². The molecule has 0 aliphatic rings. The number of aliphatic hydroxyl groups is 1. The molecule has 1 aromatic heterocycles. The monoisotopic (exact) mass is 457 g/mol. The Morgan fingerprint density at radius 2 is 1.88 bits per heavy atom. The smallest absolute Gasteiger partial charge is 0.204 e. The van der Waals surface area contributed by atoms with Crippen LogP contribution in [0.3, 0.4) is 0 Å². The van der Waals surface area contributed by atoms with Crippen LogP contribution in [0.25, 0.3) is 21.9 Å². The van der Waals surface area contributed by atoms with Gasteiger partial charge in [0.05, 0.1) is 19.1 Å². The molecule has 7 nitrogen and oxygen atoms in total. The molecule has 0 bridgehead atoms. The molecule has 7 heteroatoms. The molecule has 0 saturated heterocycles. The number of aliphatic hydroxyl groups excluding tert-OH is 1. The van der Waals surface area contributed by atoms with Gasteiger partial charge in [-0.15, -0.1) is 0 Å². The Hall–Kier alpha value is -2.77. The van der Waals surface area contributed by atoms with E-state index in [1.807, 2.05) is 0 Å². The Bertz CT molecular complexity index is 1090. The minimum atomic E-state index is -0.657. The quantitative estimate of drug-likeness (QED) is 0.269. The predicted octanol–water partition coefficient (Wildman–Crippen LogP) is 4.65. The van der Waals surface area contributed by atoms with Gasteiger partial charge in [-0.2, -0.15) is 0 Å². The molecular formula is C26H35NO6. The molecular weight excluding hydrogens is 422 g/mol. The van der Waals surface area contributed by atoms with Gasteiger partial charge < -0.3 is 29.1 Å². The number of para-hydroxylation sites is 1. The molecule has 1 atom stereocenters. The zero-order chi connectivity index (χ0) is 23.6. The third-order valence-electron chi connectivity index (χ3n) is 5.46. The van der Waals surface area contributed by atoms with Crippen molar-refractivity contribution in [2.45, 2.75) is 52.1 Å². The second kappa shape index (κ2) is 12.5. The highest BCUT2D eigenvalue weighted by Crippen LogP contribution is 2.34. The van der Waals surface area contributed by atoms with Crippen LogP contribution in [0.2, 0.25) is 0 Å². The molecule has 2 aromatic carbocycles. The maximum Gasteiger partial charge on any atom is 0.204 e. The summed E-state index contributed by atoms with van der Waals surface area (Å²) < 4.78 is 23.3. The molecule has 0 radical (unpaired) electrons. The summed E-state index contributed by atoms with van der Waals surface area (Å²) in [5.74, 6) is 1.38. The summed E-state index contributed by atoms with van der Waals surface area (Å²) in [7, 11) is 1.54. The van der Waals surface area contributed by atoms with E-state index >= 15 is 0 Å². The molecule has 180 valence electrons. The van der Waals surface area contributed by atoms with Gasteiger partial charge in [0.25, 0.3) is 0 Å². The highest BCUT2D eigenvalue weighted by atomic mass is 16.5. The van der Waals surface area contributed by atoms with Crippen molar-refractivity contribution in [1.82, 2.24) is 5.32 Å². The normalized spacial score (nSPS) is 12.2. The van der Waals surface area contributed by atoms with Crippen LogP contribution >= 0.6 is 0 Å². The van der Waals surface area contributed by atoms with Gasteiger partial charge in [0.2, 0.25) is 5.43 Å². The SMILES string of the molecule is CCCCCOc1cc(OCC(O)CNCCCC)cc2oc3c(OC)cccc3c(=O)c12. The van der Waals surface area contributed by atoms with Gasteiger partial charge in [-0.1, -0.05) is 39.2 Å². The van der Waals surface area contributed by atoms with Crippen LogP contribution in [0, 0.1) is 0 Å². The summed E-state index contributed by atoms with van der Waals surface area (Å²) >= 11 is 0. The molecule has 33 heavy (non-hydrogen) atoms. The van der Waals surface area contributed by atoms with E-state index in [4.69, 9.17) is 18.6 Å². The molecule has 0 spiro atoms. The zero-order valence-corrected chi connectivity index (χ0v) is 19.8. The fourth-order valence-corrected chi connectivity index (χ4v) is 3.63. The first-order chi connectivity index (χ1) is 16.1. The van der Waals surface area contributed by atoms with E-state index in [-0.39, 0.29) is 12.0 Å². The fourth-order valence-electron chi connectivity index (χ4n) is 3.63. The Morgan fingerprint density at radius 1 is 1.06 bits per heavy atom. The third-order valence-corrected chi connectivity index (χ3v) is 5.46. The Labute approximate surface area is 194 Å². The average Bonchev–Trinajstić information content (AvgIpc) is 2.82. The van der Waals surface area contributed by atoms with Gasteiger partial charge in [-0.05, 0) is 31.5 Å². The van der Waals surface area contributed by atoms with Gasteiger partial charge in [0.1, 0.15) is 35.2 Å². The van der Waals surface area contributed by atoms with Gasteiger partial charge in [-0.25, -0.2) is 0 Å². The summed E-state index contributed by atoms with van der Waals surface area (Å²) in [6.07, 6.45) is 4.51. The Morgan fingerprint density at radius 3 is 2.64 bits per heavy atom. The third kappa shape index (κ3) is 6.39. The summed E-state index contributed by atoms with van der Waals surface area (Å²) in [5, 5.41) is 14.3. The second-order valence-corrected chi connectivity index (χ2v) is 8.14. The molecule has 0 saturated carbocycles. The molecule has 1 unspecified atom stereocenters. The van der Waals surface area contributed by atoms with Crippen LogP contribution in [0.15, 0.2) is 39.5 Å². The Balaban J connectivity index is 1.92. The number of unbranched alkanes of at least 4 members (excludes halogenated alkanes) is 3. The number of benzene rings is 2. The van der Waals surface area contributed by atoms with E-state index < -0.39 is 6.10 Å². The van der Waals surface area contributed by atoms with Crippen molar-refractivity contribution in [3.8, 4) is 17.2 Å². The second-order valence-electron chi connectivity index (χ2n) is 8.14. The molecule has 1 heterocycles. The number of hydrogen-bond acceptors (Lipinski definition) is 7. The van der Waals surface area contributed by atoms with Crippen molar-refractivity contribution in [2.75, 3.05) is 33.4 Å². The van der Waals surface area contributed by atoms with Gasteiger partial charge >= 0.3 is 0 Å². The summed E-state index contributed by atoms with van der Waals surface area (Å²) in [6, 6.07) is 8.60. The zero-order valence-electron chi connectivity index (χ0n) is 19.8. The largest absolute Gasteiger partial charge is 0.493 e. The van der Waals surface area contributed by atoms with E-state index in [9.17, 15) is 9.90 Å². The van der Waals surface area contributed by atoms with E-state index in [0.717, 1.165) is 38.6 Å². The lowest BCUT2D eigenvalue weighted by Crippen LogP contribution is -2.31. The van der Waals surface area contributed by atoms with Gasteiger partial charge in [0.15, 0.2) is 11.3 Å². The number of fused-ring (bicyclic) bond motifs is 2. The topological polar surface area (TPSA) is 90.2 Å². The average molecular weight is 458 g/mol. The van der Waals surface area contributed by atoms with Crippen molar-refractivity contribution in [2.24, 2.45) is 0 Å². The number of hydrogen-bond donors (Lipinski definition) is 2. The highest BCUT2D eigenvalue weighted by Gasteiger charge is 2.18. The molecule has 0 amide bonds. The summed E-state index contributed by atoms with van der Waals surface area (Å²) in [4.78, 5) is 13.3. The minimum Gasteiger partial charge on any atom is -0.493 e. The fraction of sp³-hybridized carbons (Fsp3) is 0.500. The number of methoxy groups -OCH3 is 1. The maximum atomic E-state index is 13.3. The van der Waals surface area contributed by atoms with Crippen molar-refractivity contribution in [1.29, 1.82) is 0 Å². The Kier molecular flexibility index (Phi) is 9.39. The van der Waals surface area contributed by atoms with E-state index in [2.05, 4.69) is 19.2 Å². The van der Waals surface area contributed by atoms with Crippen LogP contribution in [0.4, 0.5) is 0 Å². The van der Waals surface area contributed by atoms with Gasteiger partial charge in [0, 0.05) is 18.7 Å². The van der Waals surface area contributed by atoms with Crippen LogP contribution < -0.4 is 25.0 Å². The van der Waals surface area contributed by atoms with Crippen molar-refractivity contribution in [3.63, 3.8) is 0 Å². The number of nitrogens with one attached hydrogen (secondary N) is 1. The summed E-state index contributed by atoms with van der Waals surface area (Å²) in [6.45, 7) is 6.16. The highest BCUT2D eigenvalue weighted by molar-refractivity contribution is 5.95. The lowest BCUT2D eigenvalue weighted by atomic mass is 10.1. The van der Waals surface area contributed by atoms with Crippen molar-refractivity contribution in [3.05, 3.63) is 40.6 Å². The molecule has 0 aliphatic carbocycles. The van der Waals surface area contributed by atoms with E-state index in [1.54, 1.807) is 30.3 Å². The molecule has 3 rings (SSSR count). The van der Waals surface area contributed by atoms with Gasteiger partial charge in [-0.3, -0.25) is 4.79 Å². The molecule has 3 aromatic rings. The predicted molar refractivity (Wildman–Crippen MR) is 131 cm³/mol. The molecule has 0 aliphatic heterocycles. The maximum absolute atomic E-state index is 13.3. The van der Waals surface area contributed by atoms with E-state index in [1.165, 1.54) is 7.11 Å². The first-order valence-electron chi connectivity index (χ1n) is 11.8. The van der Waals surface area contributed by atoms with Crippen molar-refractivity contribution >= 4 is 21.9 Å². The van der Waals surface area contributed by atoms with Crippen molar-refractivity contribution < 1.29 is 23.7 Å². The van der Waals surface area contributed by atoms with Crippen LogP contribution in [-0.2, 0) is 0 Å². The number of rotatable bonds is 14. The first-order valence-corrected chi connectivity index (χ1v) is 11.8. The first kappa shape index (κ1) is 24.9. The van der Waals surface area contributed by atoms with E-state index in [0.29, 0.717) is 52.3 Å². The standard InChI is InChI=1S/C26H35NO6/c1-4-6-8-13-31-22-14-19(32-17-18(28)16-27-12-7-5-2)15-23-24(22)25(29)20-10-9-11-21(30-3)26(20)33-23/h9-11,14-15,18,27-28H,4-8,12-13,16-17H2,1-3H3. The molecule has 0 fully saturated rings.